The Morgan fingerprint density at radius 1 is 0.606 bits per heavy atom. The van der Waals surface area contributed by atoms with Crippen LogP contribution in [0.3, 0.4) is 0 Å². The van der Waals surface area contributed by atoms with Crippen LogP contribution in [0.5, 0.6) is 0 Å². The highest BCUT2D eigenvalue weighted by Crippen LogP contribution is 2.02. The minimum absolute atomic E-state index is 0.271. The van der Waals surface area contributed by atoms with Crippen molar-refractivity contribution in [1.29, 1.82) is 0 Å². The Balaban J connectivity index is 3.60. The number of unbranched alkanes of at least 4 members (excludes halogenated alkanes) is 3. The van der Waals surface area contributed by atoms with Crippen LogP contribution in [0.25, 0.3) is 0 Å². The molecule has 0 unspecified atom stereocenters. The molecule has 0 saturated carbocycles. The maximum Gasteiger partial charge on any atom is 0.409 e. The maximum atomic E-state index is 12.0. The quantitative estimate of drug-likeness (QED) is 0.281. The van der Waals surface area contributed by atoms with Crippen LogP contribution in [-0.4, -0.2) is 152 Å². The summed E-state index contributed by atoms with van der Waals surface area (Å²) >= 11 is 0. The van der Waals surface area contributed by atoms with Gasteiger partial charge in [-0.15, -0.1) is 0 Å². The van der Waals surface area contributed by atoms with E-state index in [1.165, 1.54) is 0 Å². The minimum atomic E-state index is -0.356. The van der Waals surface area contributed by atoms with E-state index in [1.807, 2.05) is 42.3 Å². The molecule has 2 amide bonds. The number of ether oxygens (including phenoxy) is 2. The summed E-state index contributed by atoms with van der Waals surface area (Å²) in [6, 6.07) is 0. The van der Waals surface area contributed by atoms with Gasteiger partial charge in [0, 0.05) is 59.4 Å². The number of rotatable bonds is 19. The Bertz CT molecular complexity index is 507. The number of nitrogens with zero attached hydrogens (tertiary/aromatic N) is 5. The van der Waals surface area contributed by atoms with E-state index in [0.29, 0.717) is 26.3 Å². The molecule has 0 aliphatic rings. The van der Waals surface area contributed by atoms with Gasteiger partial charge in [-0.2, -0.15) is 0 Å². The average Bonchev–Trinajstić information content (AvgIpc) is 2.75. The van der Waals surface area contributed by atoms with Gasteiger partial charge in [-0.1, -0.05) is 12.8 Å². The Labute approximate surface area is 202 Å². The van der Waals surface area contributed by atoms with E-state index < -0.39 is 0 Å². The molecule has 0 aliphatic heterocycles. The molecular formula is C23H50N6O4. The molecule has 10 nitrogen and oxygen atoms in total. The van der Waals surface area contributed by atoms with E-state index >= 15 is 0 Å². The first-order valence-electron chi connectivity index (χ1n) is 12.1. The average molecular weight is 475 g/mol. The first-order chi connectivity index (χ1) is 15.6. The second-order valence-electron chi connectivity index (χ2n) is 9.23. The third-order valence-electron chi connectivity index (χ3n) is 5.26. The monoisotopic (exact) mass is 474 g/mol. The molecular weight excluding hydrogens is 424 g/mol. The molecule has 196 valence electrons. The highest BCUT2D eigenvalue weighted by molar-refractivity contribution is 5.67. The second kappa shape index (κ2) is 19.8. The molecule has 0 saturated heterocycles. The van der Waals surface area contributed by atoms with Crippen LogP contribution in [-0.2, 0) is 9.47 Å². The number of likely N-dealkylation sites (N-methyl/N-ethyl adjacent to an activating group) is 4. The lowest BCUT2D eigenvalue weighted by molar-refractivity contribution is 0.0997. The summed E-state index contributed by atoms with van der Waals surface area (Å²) in [5, 5.41) is 2.79. The number of hydrogen-bond acceptors (Lipinski definition) is 8. The highest BCUT2D eigenvalue weighted by Gasteiger charge is 2.10. The van der Waals surface area contributed by atoms with Crippen molar-refractivity contribution in [1.82, 2.24) is 29.8 Å². The van der Waals surface area contributed by atoms with Crippen molar-refractivity contribution < 1.29 is 19.1 Å². The van der Waals surface area contributed by atoms with Crippen LogP contribution in [0.15, 0.2) is 0 Å². The van der Waals surface area contributed by atoms with E-state index in [2.05, 4.69) is 24.9 Å². The van der Waals surface area contributed by atoms with E-state index in [1.54, 1.807) is 11.9 Å². The van der Waals surface area contributed by atoms with Crippen LogP contribution in [0.2, 0.25) is 0 Å². The predicted molar refractivity (Wildman–Crippen MR) is 134 cm³/mol. The molecule has 33 heavy (non-hydrogen) atoms. The Kier molecular flexibility index (Phi) is 18.8. The zero-order valence-electron chi connectivity index (χ0n) is 22.3. The second-order valence-corrected chi connectivity index (χ2v) is 9.23. The summed E-state index contributed by atoms with van der Waals surface area (Å²) in [6.45, 7) is 7.39. The number of amides is 2. The van der Waals surface area contributed by atoms with Crippen LogP contribution < -0.4 is 5.32 Å². The van der Waals surface area contributed by atoms with E-state index in [4.69, 9.17) is 9.47 Å². The summed E-state index contributed by atoms with van der Waals surface area (Å²) in [5.41, 5.74) is 0. The summed E-state index contributed by atoms with van der Waals surface area (Å²) in [6.07, 6.45) is 3.17. The van der Waals surface area contributed by atoms with E-state index in [-0.39, 0.29) is 12.2 Å². The molecule has 0 spiro atoms. The van der Waals surface area contributed by atoms with Gasteiger partial charge in [0.2, 0.25) is 0 Å². The minimum Gasteiger partial charge on any atom is -0.448 e. The normalized spacial score (nSPS) is 11.5. The number of alkyl carbamates (subject to hydrolysis) is 1. The lowest BCUT2D eigenvalue weighted by atomic mass is 10.2. The molecule has 10 heteroatoms. The van der Waals surface area contributed by atoms with Gasteiger partial charge in [0.15, 0.2) is 0 Å². The van der Waals surface area contributed by atoms with Crippen molar-refractivity contribution in [2.45, 2.75) is 25.7 Å². The maximum absolute atomic E-state index is 12.0. The summed E-state index contributed by atoms with van der Waals surface area (Å²) in [4.78, 5) is 33.9. The third kappa shape index (κ3) is 20.7. The van der Waals surface area contributed by atoms with Crippen molar-refractivity contribution in [2.75, 3.05) is 115 Å². The smallest absolute Gasteiger partial charge is 0.409 e. The van der Waals surface area contributed by atoms with Gasteiger partial charge in [-0.3, -0.25) is 0 Å². The molecule has 0 radical (unpaired) electrons. The van der Waals surface area contributed by atoms with Crippen molar-refractivity contribution in [3.63, 3.8) is 0 Å². The van der Waals surface area contributed by atoms with Crippen LogP contribution in [0.4, 0.5) is 9.59 Å². The van der Waals surface area contributed by atoms with E-state index in [0.717, 1.165) is 65.0 Å². The van der Waals surface area contributed by atoms with Gasteiger partial charge in [0.25, 0.3) is 0 Å². The number of carbonyl (C=O) groups is 2. The Morgan fingerprint density at radius 3 is 1.67 bits per heavy atom. The Morgan fingerprint density at radius 2 is 1.12 bits per heavy atom. The molecule has 0 heterocycles. The standard InChI is InChI=1S/C23H50N6O4/c1-25(2)14-16-27(5)18-20-32-22(30)24-12-10-8-9-11-13-29(7)23(31)33-21-19-28(6)17-15-26(3)4/h8-21H2,1-7H3,(H,24,30). The highest BCUT2D eigenvalue weighted by atomic mass is 16.6. The number of carbonyl (C=O) groups excluding carboxylic acids is 2. The van der Waals surface area contributed by atoms with Crippen LogP contribution in [0, 0.1) is 0 Å². The number of hydrogen-bond donors (Lipinski definition) is 1. The zero-order chi connectivity index (χ0) is 25.1. The van der Waals surface area contributed by atoms with Gasteiger partial charge in [-0.05, 0) is 55.1 Å². The van der Waals surface area contributed by atoms with Crippen LogP contribution >= 0.6 is 0 Å². The largest absolute Gasteiger partial charge is 0.448 e. The molecule has 0 atom stereocenters. The molecule has 0 fully saturated rings. The van der Waals surface area contributed by atoms with Crippen LogP contribution in [0.1, 0.15) is 25.7 Å². The van der Waals surface area contributed by atoms with Gasteiger partial charge in [0.1, 0.15) is 13.2 Å². The van der Waals surface area contributed by atoms with Gasteiger partial charge in [0.05, 0.1) is 0 Å². The lowest BCUT2D eigenvalue weighted by Gasteiger charge is -2.21. The van der Waals surface area contributed by atoms with Gasteiger partial charge >= 0.3 is 12.2 Å². The summed E-state index contributed by atoms with van der Waals surface area (Å²) in [5.74, 6) is 0. The fourth-order valence-corrected chi connectivity index (χ4v) is 2.82. The molecule has 1 N–H and O–H groups in total. The first-order valence-corrected chi connectivity index (χ1v) is 12.1. The molecule has 0 aromatic heterocycles. The SMILES string of the molecule is CN(C)CCN(C)CCOC(=O)NCCCCCCN(C)C(=O)OCCN(C)CCN(C)C. The topological polar surface area (TPSA) is 80.8 Å². The summed E-state index contributed by atoms with van der Waals surface area (Å²) < 4.78 is 10.5. The van der Waals surface area contributed by atoms with Crippen molar-refractivity contribution in [3.8, 4) is 0 Å². The zero-order valence-corrected chi connectivity index (χ0v) is 22.3. The van der Waals surface area contributed by atoms with E-state index in [9.17, 15) is 9.59 Å². The lowest BCUT2D eigenvalue weighted by Crippen LogP contribution is -2.34. The summed E-state index contributed by atoms with van der Waals surface area (Å²) in [7, 11) is 14.0. The fourth-order valence-electron chi connectivity index (χ4n) is 2.82. The molecule has 0 aliphatic carbocycles. The fraction of sp³-hybridized carbons (Fsp3) is 0.913. The van der Waals surface area contributed by atoms with Crippen molar-refractivity contribution in [2.24, 2.45) is 0 Å². The Hall–Kier alpha value is -1.62. The molecule has 0 rings (SSSR count). The molecule has 0 aromatic carbocycles. The van der Waals surface area contributed by atoms with Crippen molar-refractivity contribution >= 4 is 12.2 Å². The predicted octanol–water partition coefficient (Wildman–Crippen LogP) is 1.33. The molecule has 0 aromatic rings. The van der Waals surface area contributed by atoms with Gasteiger partial charge < -0.3 is 39.3 Å². The van der Waals surface area contributed by atoms with Crippen molar-refractivity contribution in [3.05, 3.63) is 0 Å². The number of nitrogens with one attached hydrogen (secondary N) is 1. The molecule has 0 bridgehead atoms. The van der Waals surface area contributed by atoms with Gasteiger partial charge in [-0.25, -0.2) is 9.59 Å². The third-order valence-corrected chi connectivity index (χ3v) is 5.26. The first kappa shape index (κ1) is 31.4.